The lowest BCUT2D eigenvalue weighted by Crippen LogP contribution is -2.52. The number of esters is 1. The van der Waals surface area contributed by atoms with Crippen LogP contribution in [-0.2, 0) is 9.47 Å². The molecule has 0 radical (unpaired) electrons. The fourth-order valence-corrected chi connectivity index (χ4v) is 5.06. The van der Waals surface area contributed by atoms with E-state index < -0.39 is 5.97 Å². The summed E-state index contributed by atoms with van der Waals surface area (Å²) in [5.41, 5.74) is 5.54. The Hall–Kier alpha value is -1.56. The van der Waals surface area contributed by atoms with Gasteiger partial charge in [0.15, 0.2) is 5.69 Å². The predicted molar refractivity (Wildman–Crippen MR) is 78.1 cm³/mol. The lowest BCUT2D eigenvalue weighted by Gasteiger charge is -2.56. The molecular weight excluding hydrogens is 284 g/mol. The zero-order chi connectivity index (χ0) is 15.2. The predicted octanol–water partition coefficient (Wildman–Crippen LogP) is 2.40. The minimum absolute atomic E-state index is 0.0550. The summed E-state index contributed by atoms with van der Waals surface area (Å²) in [6.45, 7) is 0.693. The molecule has 2 N–H and O–H groups in total. The maximum atomic E-state index is 11.7. The van der Waals surface area contributed by atoms with Crippen LogP contribution in [0.3, 0.4) is 0 Å². The van der Waals surface area contributed by atoms with Crippen LogP contribution in [0.4, 0.5) is 5.88 Å². The number of nitrogens with two attached hydrogens (primary N) is 1. The van der Waals surface area contributed by atoms with Gasteiger partial charge in [-0.15, -0.1) is 0 Å². The minimum atomic E-state index is -0.519. The molecule has 6 nitrogen and oxygen atoms in total. The van der Waals surface area contributed by atoms with Gasteiger partial charge in [-0.1, -0.05) is 5.16 Å². The molecule has 5 rings (SSSR count). The van der Waals surface area contributed by atoms with Gasteiger partial charge >= 0.3 is 5.97 Å². The number of anilines is 1. The van der Waals surface area contributed by atoms with Crippen molar-refractivity contribution >= 4 is 11.9 Å². The number of ether oxygens (including phenoxy) is 2. The first-order chi connectivity index (χ1) is 10.6. The van der Waals surface area contributed by atoms with Crippen molar-refractivity contribution in [3.05, 3.63) is 11.8 Å². The summed E-state index contributed by atoms with van der Waals surface area (Å²) in [5, 5.41) is 3.53. The third-order valence-corrected chi connectivity index (χ3v) is 5.44. The highest BCUT2D eigenvalue weighted by atomic mass is 16.6. The molecule has 6 heteroatoms. The molecule has 4 aliphatic carbocycles. The van der Waals surface area contributed by atoms with Crippen LogP contribution >= 0.6 is 0 Å². The largest absolute Gasteiger partial charge is 0.458 e. The second-order valence-corrected chi connectivity index (χ2v) is 7.20. The highest BCUT2D eigenvalue weighted by Crippen LogP contribution is 2.57. The normalized spacial score (nSPS) is 35.7. The van der Waals surface area contributed by atoms with E-state index in [1.165, 1.54) is 44.6 Å². The number of carbonyl (C=O) groups is 1. The van der Waals surface area contributed by atoms with Gasteiger partial charge in [-0.05, 0) is 56.3 Å². The van der Waals surface area contributed by atoms with Crippen LogP contribution in [0.2, 0.25) is 0 Å². The van der Waals surface area contributed by atoms with E-state index in [1.54, 1.807) is 0 Å². The molecule has 0 aliphatic heterocycles. The first-order valence-corrected chi connectivity index (χ1v) is 8.15. The molecule has 1 heterocycles. The van der Waals surface area contributed by atoms with Crippen molar-refractivity contribution in [2.24, 2.45) is 17.8 Å². The molecule has 4 bridgehead atoms. The number of aromatic nitrogens is 1. The molecule has 22 heavy (non-hydrogen) atoms. The number of rotatable bonds is 5. The molecule has 1 aromatic rings. The molecular formula is C16H22N2O4. The topological polar surface area (TPSA) is 87.6 Å². The maximum Gasteiger partial charge on any atom is 0.360 e. The molecule has 4 fully saturated rings. The summed E-state index contributed by atoms with van der Waals surface area (Å²) < 4.78 is 16.0. The third-order valence-electron chi connectivity index (χ3n) is 5.44. The second kappa shape index (κ2) is 5.26. The van der Waals surface area contributed by atoms with Gasteiger partial charge in [0.25, 0.3) is 0 Å². The second-order valence-electron chi connectivity index (χ2n) is 7.20. The molecule has 0 aromatic carbocycles. The Balaban J connectivity index is 1.26. The monoisotopic (exact) mass is 306 g/mol. The lowest BCUT2D eigenvalue weighted by molar-refractivity contribution is -0.166. The quantitative estimate of drug-likeness (QED) is 0.664. The molecule has 0 spiro atoms. The highest BCUT2D eigenvalue weighted by molar-refractivity contribution is 5.87. The van der Waals surface area contributed by atoms with Crippen molar-refractivity contribution in [3.63, 3.8) is 0 Å². The van der Waals surface area contributed by atoms with Crippen molar-refractivity contribution in [3.8, 4) is 0 Å². The SMILES string of the molecule is Nc1cc(C(=O)OCCOC23CC4CC(CC(C4)C2)C3)no1. The van der Waals surface area contributed by atoms with Crippen molar-refractivity contribution in [2.45, 2.75) is 44.1 Å². The van der Waals surface area contributed by atoms with Gasteiger partial charge in [0.05, 0.1) is 12.2 Å². The first kappa shape index (κ1) is 14.1. The minimum Gasteiger partial charge on any atom is -0.458 e. The van der Waals surface area contributed by atoms with Crippen LogP contribution in [0.25, 0.3) is 0 Å². The van der Waals surface area contributed by atoms with Crippen LogP contribution in [0.15, 0.2) is 10.6 Å². The van der Waals surface area contributed by atoms with Crippen molar-refractivity contribution in [1.29, 1.82) is 0 Å². The maximum absolute atomic E-state index is 11.7. The van der Waals surface area contributed by atoms with Gasteiger partial charge in [0, 0.05) is 6.07 Å². The van der Waals surface area contributed by atoms with Gasteiger partial charge < -0.3 is 19.7 Å². The molecule has 4 aliphatic rings. The van der Waals surface area contributed by atoms with Crippen LogP contribution < -0.4 is 5.73 Å². The van der Waals surface area contributed by atoms with Crippen molar-refractivity contribution in [1.82, 2.24) is 5.16 Å². The van der Waals surface area contributed by atoms with E-state index >= 15 is 0 Å². The summed E-state index contributed by atoms with van der Waals surface area (Å²) >= 11 is 0. The Morgan fingerprint density at radius 3 is 2.41 bits per heavy atom. The van der Waals surface area contributed by atoms with E-state index in [9.17, 15) is 4.79 Å². The van der Waals surface area contributed by atoms with Crippen LogP contribution in [0.1, 0.15) is 49.0 Å². The molecule has 0 amide bonds. The fraction of sp³-hybridized carbons (Fsp3) is 0.750. The zero-order valence-electron chi connectivity index (χ0n) is 12.6. The summed E-state index contributed by atoms with van der Waals surface area (Å²) in [7, 11) is 0. The average Bonchev–Trinajstić information content (AvgIpc) is 2.89. The molecule has 0 saturated heterocycles. The number of hydrogen-bond donors (Lipinski definition) is 1. The zero-order valence-corrected chi connectivity index (χ0v) is 12.6. The molecule has 4 saturated carbocycles. The number of nitrogens with zero attached hydrogens (tertiary/aromatic N) is 1. The van der Waals surface area contributed by atoms with E-state index in [0.717, 1.165) is 17.8 Å². The summed E-state index contributed by atoms with van der Waals surface area (Å²) in [6.07, 6.45) is 7.74. The fourth-order valence-electron chi connectivity index (χ4n) is 5.06. The third kappa shape index (κ3) is 2.60. The van der Waals surface area contributed by atoms with Crippen LogP contribution in [0.5, 0.6) is 0 Å². The van der Waals surface area contributed by atoms with Crippen LogP contribution in [-0.4, -0.2) is 29.9 Å². The Morgan fingerprint density at radius 2 is 1.86 bits per heavy atom. The number of carbonyl (C=O) groups excluding carboxylic acids is 1. The molecule has 0 unspecified atom stereocenters. The number of hydrogen-bond acceptors (Lipinski definition) is 6. The van der Waals surface area contributed by atoms with E-state index in [1.807, 2.05) is 0 Å². The average molecular weight is 306 g/mol. The van der Waals surface area contributed by atoms with Crippen LogP contribution in [0, 0.1) is 17.8 Å². The van der Waals surface area contributed by atoms with Gasteiger partial charge in [-0.2, -0.15) is 0 Å². The Morgan fingerprint density at radius 1 is 1.23 bits per heavy atom. The lowest BCUT2D eigenvalue weighted by atomic mass is 9.54. The summed E-state index contributed by atoms with van der Waals surface area (Å²) in [4.78, 5) is 11.7. The molecule has 1 aromatic heterocycles. The summed E-state index contributed by atoms with van der Waals surface area (Å²) in [5.74, 6) is 2.15. The van der Waals surface area contributed by atoms with Gasteiger partial charge in [-0.25, -0.2) is 4.79 Å². The van der Waals surface area contributed by atoms with E-state index in [2.05, 4.69) is 9.68 Å². The Bertz CT molecular complexity index is 533. The van der Waals surface area contributed by atoms with E-state index in [4.69, 9.17) is 15.2 Å². The van der Waals surface area contributed by atoms with Gasteiger partial charge in [-0.3, -0.25) is 0 Å². The highest BCUT2D eigenvalue weighted by Gasteiger charge is 2.51. The Labute approximate surface area is 129 Å². The smallest absolute Gasteiger partial charge is 0.360 e. The Kier molecular flexibility index (Phi) is 3.36. The number of nitrogen functional groups attached to an aromatic ring is 1. The van der Waals surface area contributed by atoms with E-state index in [-0.39, 0.29) is 23.8 Å². The molecule has 120 valence electrons. The van der Waals surface area contributed by atoms with Gasteiger partial charge in [0.1, 0.15) is 6.61 Å². The van der Waals surface area contributed by atoms with Crippen molar-refractivity contribution < 1.29 is 18.8 Å². The van der Waals surface area contributed by atoms with Gasteiger partial charge in [0.2, 0.25) is 5.88 Å². The van der Waals surface area contributed by atoms with E-state index in [0.29, 0.717) is 6.61 Å². The standard InChI is InChI=1S/C16H22N2O4/c17-14-6-13(18-22-14)15(19)20-1-2-21-16-7-10-3-11(8-16)5-12(4-10)9-16/h6,10-12H,1-5,7-9,17H2. The van der Waals surface area contributed by atoms with Crippen molar-refractivity contribution in [2.75, 3.05) is 18.9 Å². The molecule has 0 atom stereocenters. The first-order valence-electron chi connectivity index (χ1n) is 8.15. The summed E-state index contributed by atoms with van der Waals surface area (Å²) in [6, 6.07) is 1.36.